The van der Waals surface area contributed by atoms with Gasteiger partial charge >= 0.3 is 0 Å². The van der Waals surface area contributed by atoms with Gasteiger partial charge in [0.15, 0.2) is 28.8 Å². The minimum absolute atomic E-state index is 0.205. The van der Waals surface area contributed by atoms with E-state index in [0.29, 0.717) is 57.7 Å². The van der Waals surface area contributed by atoms with Gasteiger partial charge in [-0.2, -0.15) is 0 Å². The van der Waals surface area contributed by atoms with Crippen molar-refractivity contribution in [3.8, 4) is 23.0 Å². The second kappa shape index (κ2) is 10.6. The molecule has 0 unspecified atom stereocenters. The van der Waals surface area contributed by atoms with Crippen LogP contribution >= 0.6 is 23.2 Å². The molecule has 0 fully saturated rings. The number of methoxy groups -OCH3 is 2. The zero-order valence-corrected chi connectivity index (χ0v) is 19.8. The van der Waals surface area contributed by atoms with Gasteiger partial charge in [-0.05, 0) is 43.2 Å². The first-order valence-corrected chi connectivity index (χ1v) is 10.8. The lowest BCUT2D eigenvalue weighted by Gasteiger charge is -2.14. The number of ether oxygens (including phenoxy) is 4. The van der Waals surface area contributed by atoms with Gasteiger partial charge in [0, 0.05) is 6.07 Å². The van der Waals surface area contributed by atoms with E-state index in [1.54, 1.807) is 30.3 Å². The number of H-pyrrole nitrogens is 1. The van der Waals surface area contributed by atoms with Gasteiger partial charge in [-0.15, -0.1) is 0 Å². The Morgan fingerprint density at radius 1 is 1.06 bits per heavy atom. The third-order valence-electron chi connectivity index (χ3n) is 4.51. The minimum Gasteiger partial charge on any atom is -0.493 e. The first-order valence-electron chi connectivity index (χ1n) is 10.0. The molecule has 7 nitrogen and oxygen atoms in total. The molecule has 32 heavy (non-hydrogen) atoms. The van der Waals surface area contributed by atoms with Crippen molar-refractivity contribution in [3.05, 3.63) is 51.0 Å². The van der Waals surface area contributed by atoms with Gasteiger partial charge in [-0.3, -0.25) is 4.79 Å². The van der Waals surface area contributed by atoms with E-state index in [-0.39, 0.29) is 16.4 Å². The van der Waals surface area contributed by atoms with Crippen molar-refractivity contribution >= 4 is 45.2 Å². The quantitative estimate of drug-likeness (QED) is 0.435. The summed E-state index contributed by atoms with van der Waals surface area (Å²) in [5, 5.41) is 0.978. The van der Waals surface area contributed by atoms with E-state index in [0.717, 1.165) is 6.42 Å². The number of fused-ring (bicyclic) bond motifs is 1. The predicted molar refractivity (Wildman–Crippen MR) is 128 cm³/mol. The first kappa shape index (κ1) is 23.8. The number of hydrogen-bond donors (Lipinski definition) is 1. The lowest BCUT2D eigenvalue weighted by Crippen LogP contribution is -2.11. The van der Waals surface area contributed by atoms with Gasteiger partial charge in [-0.1, -0.05) is 30.1 Å². The van der Waals surface area contributed by atoms with Gasteiger partial charge in [-0.25, -0.2) is 4.98 Å². The Kier molecular flexibility index (Phi) is 7.88. The number of rotatable bonds is 9. The Morgan fingerprint density at radius 2 is 1.78 bits per heavy atom. The molecule has 3 rings (SSSR count). The summed E-state index contributed by atoms with van der Waals surface area (Å²) in [7, 11) is 3.01. The summed E-state index contributed by atoms with van der Waals surface area (Å²) in [6.45, 7) is 4.85. The zero-order chi connectivity index (χ0) is 23.3. The topological polar surface area (TPSA) is 82.7 Å². The maximum Gasteiger partial charge on any atom is 0.259 e. The van der Waals surface area contributed by atoms with E-state index in [4.69, 9.17) is 42.1 Å². The molecule has 0 aliphatic carbocycles. The number of aromatic nitrogens is 2. The molecule has 1 heterocycles. The average molecular weight is 479 g/mol. The van der Waals surface area contributed by atoms with Crippen molar-refractivity contribution in [2.75, 3.05) is 27.4 Å². The molecule has 1 N–H and O–H groups in total. The molecule has 0 radical (unpaired) electrons. The lowest BCUT2D eigenvalue weighted by molar-refractivity contribution is 0.277. The Labute approximate surface area is 195 Å². The van der Waals surface area contributed by atoms with Crippen LogP contribution in [-0.4, -0.2) is 37.4 Å². The lowest BCUT2D eigenvalue weighted by atomic mass is 10.1. The summed E-state index contributed by atoms with van der Waals surface area (Å²) < 4.78 is 22.0. The standard InChI is InChI=1S/C23H24Cl2N2O5/c1-5-7-32-21-15(24)8-13(10-20(21)31-6-2)9-16(25)22-26-17-12-19(30-4)18(29-3)11-14(17)23(28)27-22/h8-12H,5-7H2,1-4H3,(H,26,27,28)/b16-9-. The Bertz CT molecular complexity index is 1210. The van der Waals surface area contributed by atoms with Crippen molar-refractivity contribution in [3.63, 3.8) is 0 Å². The maximum atomic E-state index is 12.6. The monoisotopic (exact) mass is 478 g/mol. The molecule has 1 aromatic heterocycles. The highest BCUT2D eigenvalue weighted by atomic mass is 35.5. The molecule has 0 aliphatic rings. The molecule has 0 amide bonds. The van der Waals surface area contributed by atoms with Crippen LogP contribution in [0, 0.1) is 0 Å². The molecule has 2 aromatic carbocycles. The number of benzene rings is 2. The third kappa shape index (κ3) is 5.11. The van der Waals surface area contributed by atoms with E-state index in [9.17, 15) is 4.79 Å². The molecular weight excluding hydrogens is 455 g/mol. The van der Waals surface area contributed by atoms with Crippen molar-refractivity contribution < 1.29 is 18.9 Å². The fraction of sp³-hybridized carbons (Fsp3) is 0.304. The number of nitrogens with zero attached hydrogens (tertiary/aromatic N) is 1. The highest BCUT2D eigenvalue weighted by Crippen LogP contribution is 2.38. The summed E-state index contributed by atoms with van der Waals surface area (Å²) in [5.41, 5.74) is 0.737. The van der Waals surface area contributed by atoms with Crippen LogP contribution in [0.3, 0.4) is 0 Å². The van der Waals surface area contributed by atoms with E-state index in [2.05, 4.69) is 9.97 Å². The summed E-state index contributed by atoms with van der Waals surface area (Å²) >= 11 is 12.9. The second-order valence-corrected chi connectivity index (χ2v) is 7.56. The van der Waals surface area contributed by atoms with E-state index >= 15 is 0 Å². The van der Waals surface area contributed by atoms with E-state index < -0.39 is 0 Å². The SMILES string of the molecule is CCCOc1c(Cl)cc(/C=C(\Cl)c2nc3cc(OC)c(OC)cc3c(=O)[nH]2)cc1OCC. The zero-order valence-electron chi connectivity index (χ0n) is 18.3. The largest absolute Gasteiger partial charge is 0.493 e. The van der Waals surface area contributed by atoms with Crippen LogP contribution in [0.15, 0.2) is 29.1 Å². The Morgan fingerprint density at radius 3 is 2.44 bits per heavy atom. The number of nitrogens with one attached hydrogen (secondary N) is 1. The van der Waals surface area contributed by atoms with Crippen LogP contribution in [0.1, 0.15) is 31.7 Å². The van der Waals surface area contributed by atoms with Crippen molar-refractivity contribution in [1.82, 2.24) is 9.97 Å². The van der Waals surface area contributed by atoms with Crippen LogP contribution in [0.2, 0.25) is 5.02 Å². The van der Waals surface area contributed by atoms with Gasteiger partial charge in [0.25, 0.3) is 5.56 Å². The highest BCUT2D eigenvalue weighted by Gasteiger charge is 2.15. The van der Waals surface area contributed by atoms with Crippen molar-refractivity contribution in [1.29, 1.82) is 0 Å². The van der Waals surface area contributed by atoms with Gasteiger partial charge in [0.2, 0.25) is 0 Å². The van der Waals surface area contributed by atoms with Crippen LogP contribution in [0.5, 0.6) is 23.0 Å². The number of hydrogen-bond acceptors (Lipinski definition) is 6. The van der Waals surface area contributed by atoms with E-state index in [1.165, 1.54) is 14.2 Å². The molecule has 0 spiro atoms. The van der Waals surface area contributed by atoms with Crippen LogP contribution in [-0.2, 0) is 0 Å². The molecule has 9 heteroatoms. The summed E-state index contributed by atoms with van der Waals surface area (Å²) in [4.78, 5) is 19.8. The van der Waals surface area contributed by atoms with Gasteiger partial charge in [0.1, 0.15) is 0 Å². The summed E-state index contributed by atoms with van der Waals surface area (Å²) in [6, 6.07) is 6.69. The molecule has 3 aromatic rings. The Hall–Kier alpha value is -2.90. The molecule has 0 saturated heterocycles. The van der Waals surface area contributed by atoms with Crippen LogP contribution in [0.25, 0.3) is 22.0 Å². The molecule has 0 bridgehead atoms. The van der Waals surface area contributed by atoms with Crippen molar-refractivity contribution in [2.45, 2.75) is 20.3 Å². The number of halogens is 2. The summed E-state index contributed by atoms with van der Waals surface area (Å²) in [5.74, 6) is 2.10. The maximum absolute atomic E-state index is 12.6. The average Bonchev–Trinajstić information content (AvgIpc) is 2.77. The van der Waals surface area contributed by atoms with Gasteiger partial charge < -0.3 is 23.9 Å². The molecule has 0 saturated carbocycles. The smallest absolute Gasteiger partial charge is 0.259 e. The van der Waals surface area contributed by atoms with Crippen LogP contribution < -0.4 is 24.5 Å². The predicted octanol–water partition coefficient (Wildman–Crippen LogP) is 5.52. The first-order chi connectivity index (χ1) is 15.4. The van der Waals surface area contributed by atoms with E-state index in [1.807, 2.05) is 13.8 Å². The normalized spacial score (nSPS) is 11.5. The molecule has 170 valence electrons. The number of aromatic amines is 1. The van der Waals surface area contributed by atoms with Gasteiger partial charge in [0.05, 0.1) is 48.4 Å². The Balaban J connectivity index is 2.05. The molecule has 0 atom stereocenters. The fourth-order valence-corrected chi connectivity index (χ4v) is 3.56. The highest BCUT2D eigenvalue weighted by molar-refractivity contribution is 6.50. The van der Waals surface area contributed by atoms with Crippen molar-refractivity contribution in [2.24, 2.45) is 0 Å². The summed E-state index contributed by atoms with van der Waals surface area (Å²) in [6.07, 6.45) is 2.48. The van der Waals surface area contributed by atoms with Crippen LogP contribution in [0.4, 0.5) is 0 Å². The third-order valence-corrected chi connectivity index (χ3v) is 5.08. The second-order valence-electron chi connectivity index (χ2n) is 6.74. The minimum atomic E-state index is -0.353. The fourth-order valence-electron chi connectivity index (χ4n) is 3.07. The molecule has 0 aliphatic heterocycles. The molecular formula is C23H24Cl2N2O5.